The monoisotopic (exact) mass is 312 g/mol. The van der Waals surface area contributed by atoms with Crippen molar-refractivity contribution in [3.8, 4) is 11.8 Å². The molecule has 0 radical (unpaired) electrons. The highest BCUT2D eigenvalue weighted by Crippen LogP contribution is 2.11. The molecule has 0 saturated heterocycles. The average molecular weight is 312 g/mol. The zero-order chi connectivity index (χ0) is 16.5. The standard InChI is InChI=1S/C21H22F2/c1-2-3-4-5-6-7-17-8-10-18(11-9-17)12-13-19-16-20(22)14-15-21(19)23/h8-11,14-16H,2-7H2,1H3. The van der Waals surface area contributed by atoms with Gasteiger partial charge in [0.15, 0.2) is 0 Å². The Hall–Kier alpha value is -2.14. The summed E-state index contributed by atoms with van der Waals surface area (Å²) in [6.45, 7) is 2.22. The van der Waals surface area contributed by atoms with E-state index in [9.17, 15) is 8.78 Å². The molecule has 0 saturated carbocycles. The van der Waals surface area contributed by atoms with Crippen LogP contribution in [0.3, 0.4) is 0 Å². The largest absolute Gasteiger partial charge is 0.207 e. The van der Waals surface area contributed by atoms with Crippen LogP contribution in [0, 0.1) is 23.5 Å². The van der Waals surface area contributed by atoms with Crippen molar-refractivity contribution >= 4 is 0 Å². The van der Waals surface area contributed by atoms with Crippen molar-refractivity contribution < 1.29 is 8.78 Å². The van der Waals surface area contributed by atoms with Crippen LogP contribution in [0.1, 0.15) is 55.7 Å². The van der Waals surface area contributed by atoms with Crippen LogP contribution in [0.15, 0.2) is 42.5 Å². The van der Waals surface area contributed by atoms with E-state index in [-0.39, 0.29) is 5.56 Å². The van der Waals surface area contributed by atoms with Gasteiger partial charge < -0.3 is 0 Å². The maximum atomic E-state index is 13.5. The van der Waals surface area contributed by atoms with Crippen LogP contribution in [0.25, 0.3) is 0 Å². The predicted octanol–water partition coefficient (Wildman–Crippen LogP) is 5.88. The molecule has 2 aromatic rings. The van der Waals surface area contributed by atoms with Gasteiger partial charge in [0.1, 0.15) is 11.6 Å². The van der Waals surface area contributed by atoms with E-state index in [0.29, 0.717) is 0 Å². The van der Waals surface area contributed by atoms with Crippen LogP contribution in [-0.4, -0.2) is 0 Å². The van der Waals surface area contributed by atoms with E-state index >= 15 is 0 Å². The van der Waals surface area contributed by atoms with Gasteiger partial charge in [-0.25, -0.2) is 8.78 Å². The van der Waals surface area contributed by atoms with Crippen molar-refractivity contribution in [3.05, 3.63) is 70.8 Å². The van der Waals surface area contributed by atoms with Gasteiger partial charge in [-0.2, -0.15) is 0 Å². The quantitative estimate of drug-likeness (QED) is 0.462. The first-order valence-corrected chi connectivity index (χ1v) is 8.25. The minimum Gasteiger partial charge on any atom is -0.207 e. The Morgan fingerprint density at radius 1 is 0.826 bits per heavy atom. The molecule has 0 bridgehead atoms. The second-order valence-corrected chi connectivity index (χ2v) is 5.74. The number of aryl methyl sites for hydroxylation is 1. The summed E-state index contributed by atoms with van der Waals surface area (Å²) in [4.78, 5) is 0. The molecule has 2 aromatic carbocycles. The highest BCUT2D eigenvalue weighted by molar-refractivity contribution is 5.44. The van der Waals surface area contributed by atoms with Crippen molar-refractivity contribution in [2.75, 3.05) is 0 Å². The number of unbranched alkanes of at least 4 members (excludes halogenated alkanes) is 4. The first-order valence-electron chi connectivity index (χ1n) is 8.25. The van der Waals surface area contributed by atoms with Crippen molar-refractivity contribution in [3.63, 3.8) is 0 Å². The molecule has 0 aliphatic carbocycles. The van der Waals surface area contributed by atoms with E-state index in [1.807, 2.05) is 12.1 Å². The molecule has 23 heavy (non-hydrogen) atoms. The first kappa shape index (κ1) is 17.2. The van der Waals surface area contributed by atoms with Gasteiger partial charge in [-0.1, -0.05) is 56.6 Å². The Labute approximate surface area is 137 Å². The highest BCUT2D eigenvalue weighted by atomic mass is 19.1. The molecule has 0 amide bonds. The third-order valence-electron chi connectivity index (χ3n) is 3.79. The van der Waals surface area contributed by atoms with E-state index in [0.717, 1.165) is 30.2 Å². The Bertz CT molecular complexity index is 675. The molecule has 0 spiro atoms. The Morgan fingerprint density at radius 3 is 2.30 bits per heavy atom. The van der Waals surface area contributed by atoms with Gasteiger partial charge in [0.05, 0.1) is 5.56 Å². The van der Waals surface area contributed by atoms with Gasteiger partial charge in [0, 0.05) is 5.56 Å². The zero-order valence-electron chi connectivity index (χ0n) is 13.5. The predicted molar refractivity (Wildman–Crippen MR) is 91.2 cm³/mol. The molecule has 120 valence electrons. The van der Waals surface area contributed by atoms with Crippen LogP contribution in [0.4, 0.5) is 8.78 Å². The van der Waals surface area contributed by atoms with Crippen molar-refractivity contribution in [1.29, 1.82) is 0 Å². The third kappa shape index (κ3) is 5.87. The Morgan fingerprint density at radius 2 is 1.57 bits per heavy atom. The number of hydrogen-bond acceptors (Lipinski definition) is 0. The number of hydrogen-bond donors (Lipinski definition) is 0. The summed E-state index contributed by atoms with van der Waals surface area (Å²) in [6, 6.07) is 11.3. The van der Waals surface area contributed by atoms with Crippen molar-refractivity contribution in [1.82, 2.24) is 0 Å². The van der Waals surface area contributed by atoms with Crippen LogP contribution in [0.5, 0.6) is 0 Å². The topological polar surface area (TPSA) is 0 Å². The van der Waals surface area contributed by atoms with Gasteiger partial charge in [0.2, 0.25) is 0 Å². The fourth-order valence-electron chi connectivity index (χ4n) is 2.42. The second kappa shape index (κ2) is 9.10. The summed E-state index contributed by atoms with van der Waals surface area (Å²) in [5.41, 5.74) is 2.19. The van der Waals surface area contributed by atoms with Crippen LogP contribution in [0.2, 0.25) is 0 Å². The van der Waals surface area contributed by atoms with E-state index in [1.165, 1.54) is 37.7 Å². The molecule has 2 heteroatoms. The molecule has 0 fully saturated rings. The lowest BCUT2D eigenvalue weighted by molar-refractivity contribution is 0.597. The van der Waals surface area contributed by atoms with Gasteiger partial charge in [-0.15, -0.1) is 0 Å². The molecule has 0 heterocycles. The van der Waals surface area contributed by atoms with Crippen molar-refractivity contribution in [2.45, 2.75) is 45.4 Å². The number of benzene rings is 2. The van der Waals surface area contributed by atoms with E-state index < -0.39 is 11.6 Å². The third-order valence-corrected chi connectivity index (χ3v) is 3.79. The van der Waals surface area contributed by atoms with Crippen LogP contribution < -0.4 is 0 Å². The minimum absolute atomic E-state index is 0.0880. The molecule has 0 aromatic heterocycles. The fourth-order valence-corrected chi connectivity index (χ4v) is 2.42. The SMILES string of the molecule is CCCCCCCc1ccc(C#Cc2cc(F)ccc2F)cc1. The molecule has 0 atom stereocenters. The van der Waals surface area contributed by atoms with Gasteiger partial charge in [-0.3, -0.25) is 0 Å². The minimum atomic E-state index is -0.498. The van der Waals surface area contributed by atoms with Gasteiger partial charge in [0.25, 0.3) is 0 Å². The average Bonchev–Trinajstić information content (AvgIpc) is 2.56. The Balaban J connectivity index is 1.93. The molecule has 0 aliphatic heterocycles. The van der Waals surface area contributed by atoms with Gasteiger partial charge in [-0.05, 0) is 48.7 Å². The fraction of sp³-hybridized carbons (Fsp3) is 0.333. The van der Waals surface area contributed by atoms with E-state index in [1.54, 1.807) is 0 Å². The van der Waals surface area contributed by atoms with Crippen LogP contribution >= 0.6 is 0 Å². The lowest BCUT2D eigenvalue weighted by atomic mass is 10.0. The van der Waals surface area contributed by atoms with E-state index in [2.05, 4.69) is 30.9 Å². The summed E-state index contributed by atoms with van der Waals surface area (Å²) in [5, 5.41) is 0. The molecule has 0 N–H and O–H groups in total. The summed E-state index contributed by atoms with van der Waals surface area (Å²) in [5.74, 6) is 4.60. The molecule has 2 rings (SSSR count). The first-order chi connectivity index (χ1) is 11.2. The molecular formula is C21H22F2. The smallest absolute Gasteiger partial charge is 0.139 e. The zero-order valence-corrected chi connectivity index (χ0v) is 13.5. The van der Waals surface area contributed by atoms with Crippen LogP contribution in [-0.2, 0) is 6.42 Å². The summed E-state index contributed by atoms with van der Waals surface area (Å²) in [6.07, 6.45) is 7.44. The summed E-state index contributed by atoms with van der Waals surface area (Å²) < 4.78 is 26.6. The summed E-state index contributed by atoms with van der Waals surface area (Å²) >= 11 is 0. The second-order valence-electron chi connectivity index (χ2n) is 5.74. The summed E-state index contributed by atoms with van der Waals surface area (Å²) in [7, 11) is 0. The maximum absolute atomic E-state index is 13.5. The molecule has 0 aliphatic rings. The van der Waals surface area contributed by atoms with Crippen molar-refractivity contribution in [2.24, 2.45) is 0 Å². The normalized spacial score (nSPS) is 10.2. The number of rotatable bonds is 6. The lowest BCUT2D eigenvalue weighted by Crippen LogP contribution is -1.87. The van der Waals surface area contributed by atoms with E-state index in [4.69, 9.17) is 0 Å². The maximum Gasteiger partial charge on any atom is 0.139 e. The molecule has 0 unspecified atom stereocenters. The lowest BCUT2D eigenvalue weighted by Gasteiger charge is -2.02. The van der Waals surface area contributed by atoms with Gasteiger partial charge >= 0.3 is 0 Å². The highest BCUT2D eigenvalue weighted by Gasteiger charge is 2.00. The molecular weight excluding hydrogens is 290 g/mol. The molecule has 0 nitrogen and oxygen atoms in total. The Kier molecular flexibility index (Phi) is 6.81. The number of halogens is 2.